The molecule has 0 amide bonds. The molecule has 1 aliphatic heterocycles. The van der Waals surface area contributed by atoms with Gasteiger partial charge in [-0.2, -0.15) is 0 Å². The molecule has 2 aromatic heterocycles. The maximum absolute atomic E-state index is 13.0. The van der Waals surface area contributed by atoms with Gasteiger partial charge >= 0.3 is 0 Å². The van der Waals surface area contributed by atoms with Crippen LogP contribution in [0.3, 0.4) is 0 Å². The summed E-state index contributed by atoms with van der Waals surface area (Å²) in [7, 11) is -3.81. The van der Waals surface area contributed by atoms with E-state index in [4.69, 9.17) is 4.98 Å². The van der Waals surface area contributed by atoms with Crippen molar-refractivity contribution in [3.8, 4) is 0 Å². The van der Waals surface area contributed by atoms with E-state index >= 15 is 0 Å². The first-order chi connectivity index (χ1) is 15.6. The number of rotatable bonds is 5. The van der Waals surface area contributed by atoms with Crippen LogP contribution in [0.15, 0.2) is 78.0 Å². The fraction of sp³-hybridized carbons (Fsp3) is 0.182. The van der Waals surface area contributed by atoms with Crippen LogP contribution in [0.5, 0.6) is 0 Å². The van der Waals surface area contributed by atoms with Crippen LogP contribution >= 0.6 is 0 Å². The number of piperazine rings is 1. The van der Waals surface area contributed by atoms with Crippen molar-refractivity contribution >= 4 is 38.6 Å². The van der Waals surface area contributed by atoms with Crippen LogP contribution < -0.4 is 14.5 Å². The van der Waals surface area contributed by atoms with Gasteiger partial charge in [0.1, 0.15) is 0 Å². The first-order valence-corrected chi connectivity index (χ1v) is 11.7. The van der Waals surface area contributed by atoms with Crippen molar-refractivity contribution in [1.82, 2.24) is 19.9 Å². The van der Waals surface area contributed by atoms with Crippen molar-refractivity contribution < 1.29 is 8.42 Å². The van der Waals surface area contributed by atoms with Gasteiger partial charge in [-0.25, -0.2) is 28.4 Å². The summed E-state index contributed by atoms with van der Waals surface area (Å²) in [6.45, 7) is 2.63. The summed E-state index contributed by atoms with van der Waals surface area (Å²) in [6.07, 6.45) is 3.44. The average molecular weight is 448 g/mol. The summed E-state index contributed by atoms with van der Waals surface area (Å²) >= 11 is 0. The van der Waals surface area contributed by atoms with Crippen molar-refractivity contribution in [2.24, 2.45) is 0 Å². The largest absolute Gasteiger partial charge is 0.350 e. The predicted molar refractivity (Wildman–Crippen MR) is 123 cm³/mol. The molecule has 162 valence electrons. The number of aromatic nitrogens is 4. The highest BCUT2D eigenvalue weighted by atomic mass is 32.2. The van der Waals surface area contributed by atoms with Gasteiger partial charge in [0, 0.05) is 38.6 Å². The summed E-state index contributed by atoms with van der Waals surface area (Å²) in [5.74, 6) is 1.41. The first kappa shape index (κ1) is 20.1. The van der Waals surface area contributed by atoms with Gasteiger partial charge in [0.15, 0.2) is 11.6 Å². The van der Waals surface area contributed by atoms with Gasteiger partial charge in [-0.1, -0.05) is 30.3 Å². The van der Waals surface area contributed by atoms with Crippen LogP contribution in [0.4, 0.5) is 17.6 Å². The Labute approximate surface area is 185 Å². The molecule has 0 bridgehead atoms. The van der Waals surface area contributed by atoms with E-state index in [-0.39, 0.29) is 10.7 Å². The molecule has 3 heterocycles. The molecule has 0 radical (unpaired) electrons. The van der Waals surface area contributed by atoms with E-state index in [1.807, 2.05) is 29.2 Å². The van der Waals surface area contributed by atoms with E-state index in [9.17, 15) is 8.42 Å². The lowest BCUT2D eigenvalue weighted by molar-refractivity contribution is 0.600. The highest BCUT2D eigenvalue weighted by molar-refractivity contribution is 7.92. The molecule has 4 aromatic rings. The number of nitrogens with zero attached hydrogens (tertiary/aromatic N) is 6. The third-order valence-corrected chi connectivity index (χ3v) is 6.61. The van der Waals surface area contributed by atoms with E-state index in [2.05, 4.69) is 24.6 Å². The first-order valence-electron chi connectivity index (χ1n) is 10.2. The van der Waals surface area contributed by atoms with Crippen molar-refractivity contribution in [2.45, 2.75) is 4.90 Å². The monoisotopic (exact) mass is 447 g/mol. The zero-order valence-corrected chi connectivity index (χ0v) is 18.0. The van der Waals surface area contributed by atoms with Crippen LogP contribution in [-0.2, 0) is 10.0 Å². The van der Waals surface area contributed by atoms with Crippen LogP contribution in [0.1, 0.15) is 0 Å². The third-order valence-electron chi connectivity index (χ3n) is 5.25. The average Bonchev–Trinajstić information content (AvgIpc) is 2.85. The van der Waals surface area contributed by atoms with Gasteiger partial charge in [0.25, 0.3) is 10.0 Å². The van der Waals surface area contributed by atoms with Crippen molar-refractivity contribution in [1.29, 1.82) is 0 Å². The van der Waals surface area contributed by atoms with Crippen LogP contribution in [-0.4, -0.2) is 54.5 Å². The molecule has 0 spiro atoms. The Morgan fingerprint density at radius 1 is 0.719 bits per heavy atom. The molecule has 9 nitrogen and oxygen atoms in total. The van der Waals surface area contributed by atoms with Gasteiger partial charge < -0.3 is 9.80 Å². The maximum Gasteiger partial charge on any atom is 0.263 e. The number of fused-ring (bicyclic) bond motifs is 1. The van der Waals surface area contributed by atoms with E-state index < -0.39 is 10.0 Å². The summed E-state index contributed by atoms with van der Waals surface area (Å²) in [4.78, 5) is 22.3. The second kappa shape index (κ2) is 8.39. The Hall–Kier alpha value is -3.79. The molecule has 0 aliphatic carbocycles. The normalized spacial score (nSPS) is 14.5. The quantitative estimate of drug-likeness (QED) is 0.498. The fourth-order valence-corrected chi connectivity index (χ4v) is 4.66. The minimum atomic E-state index is -3.81. The second-order valence-electron chi connectivity index (χ2n) is 7.33. The molecule has 2 aromatic carbocycles. The van der Waals surface area contributed by atoms with E-state index in [1.54, 1.807) is 48.8 Å². The molecule has 1 fully saturated rings. The summed E-state index contributed by atoms with van der Waals surface area (Å²) in [6, 6.07) is 17.5. The fourth-order valence-electron chi connectivity index (χ4n) is 3.64. The van der Waals surface area contributed by atoms with Crippen molar-refractivity contribution in [3.63, 3.8) is 0 Å². The zero-order valence-electron chi connectivity index (χ0n) is 17.2. The molecule has 1 N–H and O–H groups in total. The van der Waals surface area contributed by atoms with Crippen molar-refractivity contribution in [3.05, 3.63) is 73.1 Å². The van der Waals surface area contributed by atoms with Gasteiger partial charge in [-0.05, 0) is 30.3 Å². The van der Waals surface area contributed by atoms with E-state index in [1.165, 1.54) is 0 Å². The molecular weight excluding hydrogens is 426 g/mol. The zero-order chi connectivity index (χ0) is 22.0. The number of hydrogen-bond acceptors (Lipinski definition) is 8. The Bertz CT molecular complexity index is 1330. The topological polar surface area (TPSA) is 104 Å². The molecule has 32 heavy (non-hydrogen) atoms. The van der Waals surface area contributed by atoms with Gasteiger partial charge in [0.2, 0.25) is 5.95 Å². The molecule has 5 rings (SSSR count). The summed E-state index contributed by atoms with van der Waals surface area (Å²) in [5, 5.41) is 0. The van der Waals surface area contributed by atoms with E-state index in [0.29, 0.717) is 49.0 Å². The van der Waals surface area contributed by atoms with Gasteiger partial charge in [0.05, 0.1) is 15.9 Å². The van der Waals surface area contributed by atoms with Crippen LogP contribution in [0.25, 0.3) is 11.0 Å². The smallest absolute Gasteiger partial charge is 0.263 e. The Morgan fingerprint density at radius 3 is 2.00 bits per heavy atom. The number of anilines is 3. The Morgan fingerprint density at radius 2 is 1.31 bits per heavy atom. The molecule has 1 aliphatic rings. The molecule has 1 saturated heterocycles. The SMILES string of the molecule is O=S(=O)(Nc1nc2ccccc2nc1N1CCN(c2ncccn2)CC1)c1ccccc1. The standard InChI is InChI=1S/C22H21N7O2S/c30-32(31,17-7-2-1-3-8-17)27-20-21(26-19-10-5-4-9-18(19)25-20)28-13-15-29(16-14-28)22-23-11-6-12-24-22/h1-12H,13-16H2,(H,25,27). The highest BCUT2D eigenvalue weighted by Gasteiger charge is 2.25. The second-order valence-corrected chi connectivity index (χ2v) is 9.01. The Balaban J connectivity index is 1.47. The maximum atomic E-state index is 13.0. The number of para-hydroxylation sites is 2. The molecule has 0 atom stereocenters. The third kappa shape index (κ3) is 4.04. The molecule has 0 unspecified atom stereocenters. The number of nitrogens with one attached hydrogen (secondary N) is 1. The van der Waals surface area contributed by atoms with Crippen LogP contribution in [0, 0.1) is 0 Å². The van der Waals surface area contributed by atoms with Gasteiger partial charge in [-0.15, -0.1) is 0 Å². The lowest BCUT2D eigenvalue weighted by Gasteiger charge is -2.35. The Kier molecular flexibility index (Phi) is 5.28. The number of sulfonamides is 1. The summed E-state index contributed by atoms with van der Waals surface area (Å²) < 4.78 is 28.6. The lowest BCUT2D eigenvalue weighted by atomic mass is 10.3. The number of hydrogen-bond donors (Lipinski definition) is 1. The number of benzene rings is 2. The predicted octanol–water partition coefficient (Wildman–Crippen LogP) is 2.55. The van der Waals surface area contributed by atoms with Gasteiger partial charge in [-0.3, -0.25) is 4.72 Å². The minimum absolute atomic E-state index is 0.173. The summed E-state index contributed by atoms with van der Waals surface area (Å²) in [5.41, 5.74) is 1.33. The van der Waals surface area contributed by atoms with Crippen LogP contribution in [0.2, 0.25) is 0 Å². The molecular formula is C22H21N7O2S. The minimum Gasteiger partial charge on any atom is -0.350 e. The van der Waals surface area contributed by atoms with E-state index in [0.717, 1.165) is 0 Å². The van der Waals surface area contributed by atoms with Crippen molar-refractivity contribution in [2.75, 3.05) is 40.7 Å². The molecule has 10 heteroatoms. The lowest BCUT2D eigenvalue weighted by Crippen LogP contribution is -2.47. The highest BCUT2D eigenvalue weighted by Crippen LogP contribution is 2.28. The molecule has 0 saturated carbocycles.